The Morgan fingerprint density at radius 1 is 0.594 bits per heavy atom. The topological polar surface area (TPSA) is 175 Å². The van der Waals surface area contributed by atoms with Gasteiger partial charge in [0.15, 0.2) is 6.10 Å². The van der Waals surface area contributed by atoms with Gasteiger partial charge in [0.25, 0.3) is 11.8 Å². The number of benzene rings is 1. The van der Waals surface area contributed by atoms with E-state index in [1.807, 2.05) is 0 Å². The maximum absolute atomic E-state index is 12.8. The molecule has 0 radical (unpaired) electrons. The highest BCUT2D eigenvalue weighted by molar-refractivity contribution is 7.47. The van der Waals surface area contributed by atoms with Gasteiger partial charge in [0.2, 0.25) is 5.91 Å². The number of rotatable bonds is 45. The molecule has 14 heteroatoms. The molecule has 3 amide bonds. The van der Waals surface area contributed by atoms with Crippen LogP contribution in [0.2, 0.25) is 0 Å². The summed E-state index contributed by atoms with van der Waals surface area (Å²) in [7, 11) is -4.62. The Hall–Kier alpha value is -3.90. The molecule has 0 aliphatic carbocycles. The normalized spacial score (nSPS) is 14.0. The Labute approximate surface area is 415 Å². The van der Waals surface area contributed by atoms with Crippen molar-refractivity contribution in [1.82, 2.24) is 5.32 Å². The fraction of sp³-hybridized carbons (Fsp3) is 0.691. The maximum Gasteiger partial charge on any atom is 0.472 e. The lowest BCUT2D eigenvalue weighted by Gasteiger charge is -2.20. The molecule has 0 bridgehead atoms. The van der Waals surface area contributed by atoms with Crippen molar-refractivity contribution >= 4 is 43.2 Å². The van der Waals surface area contributed by atoms with Gasteiger partial charge in [-0.15, -0.1) is 0 Å². The molecule has 1 aliphatic rings. The van der Waals surface area contributed by atoms with Gasteiger partial charge in [-0.3, -0.25) is 33.0 Å². The number of carbonyl (C=O) groups excluding carboxylic acids is 5. The van der Waals surface area contributed by atoms with E-state index in [4.69, 9.17) is 18.5 Å². The average Bonchev–Trinajstić information content (AvgIpc) is 3.67. The number of phosphoric ester groups is 1. The summed E-state index contributed by atoms with van der Waals surface area (Å²) < 4.78 is 34.0. The molecule has 1 unspecified atom stereocenters. The van der Waals surface area contributed by atoms with Gasteiger partial charge < -0.3 is 19.7 Å². The molecular formula is C55H89N2O11P. The SMILES string of the molecule is CCCCCCCCC=CCCCCCCCC(=O)OC[C@H](COP(=O)(O)OCCNC(=O)CCCc1ccc(N2C(=O)C=CC2=O)cc1)OC(=O)CCCCCCCC=CCCCCCCCC. The largest absolute Gasteiger partial charge is 0.472 e. The highest BCUT2D eigenvalue weighted by atomic mass is 31.2. The highest BCUT2D eigenvalue weighted by Gasteiger charge is 2.27. The van der Waals surface area contributed by atoms with Crippen LogP contribution in [-0.4, -0.2) is 67.0 Å². The molecule has 1 aliphatic heterocycles. The molecule has 2 rings (SSSR count). The first-order valence-electron chi connectivity index (χ1n) is 26.7. The summed E-state index contributed by atoms with van der Waals surface area (Å²) in [6.45, 7) is 3.27. The van der Waals surface area contributed by atoms with E-state index in [2.05, 4.69) is 43.5 Å². The number of anilines is 1. The van der Waals surface area contributed by atoms with Crippen LogP contribution in [-0.2, 0) is 53.5 Å². The van der Waals surface area contributed by atoms with Gasteiger partial charge in [-0.2, -0.15) is 0 Å². The fourth-order valence-corrected chi connectivity index (χ4v) is 8.62. The number of imide groups is 1. The molecule has 2 N–H and O–H groups in total. The Balaban J connectivity index is 1.69. The Kier molecular flexibility index (Phi) is 36.2. The number of amides is 3. The van der Waals surface area contributed by atoms with Crippen molar-refractivity contribution in [1.29, 1.82) is 0 Å². The number of hydrogen-bond acceptors (Lipinski definition) is 10. The molecule has 1 heterocycles. The Bertz CT molecular complexity index is 1680. The molecule has 13 nitrogen and oxygen atoms in total. The zero-order chi connectivity index (χ0) is 50.1. The fourth-order valence-electron chi connectivity index (χ4n) is 7.87. The minimum absolute atomic E-state index is 0.0459. The van der Waals surface area contributed by atoms with Crippen LogP contribution in [0.25, 0.3) is 0 Å². The minimum atomic E-state index is -4.62. The van der Waals surface area contributed by atoms with Crippen LogP contribution in [0.4, 0.5) is 5.69 Å². The lowest BCUT2D eigenvalue weighted by Crippen LogP contribution is -2.30. The summed E-state index contributed by atoms with van der Waals surface area (Å²) >= 11 is 0. The molecular weight excluding hydrogens is 896 g/mol. The predicted molar refractivity (Wildman–Crippen MR) is 275 cm³/mol. The number of nitrogens with one attached hydrogen (secondary N) is 1. The first-order chi connectivity index (χ1) is 33.5. The summed E-state index contributed by atoms with van der Waals surface area (Å²) in [5, 5.41) is 2.65. The van der Waals surface area contributed by atoms with Crippen LogP contribution in [0, 0.1) is 0 Å². The molecule has 0 saturated carbocycles. The van der Waals surface area contributed by atoms with Crippen LogP contribution < -0.4 is 10.2 Å². The second-order valence-corrected chi connectivity index (χ2v) is 19.7. The molecule has 69 heavy (non-hydrogen) atoms. The second-order valence-electron chi connectivity index (χ2n) is 18.3. The maximum atomic E-state index is 12.8. The molecule has 0 fully saturated rings. The van der Waals surface area contributed by atoms with E-state index in [0.29, 0.717) is 31.4 Å². The molecule has 390 valence electrons. The van der Waals surface area contributed by atoms with E-state index in [9.17, 15) is 33.4 Å². The Morgan fingerprint density at radius 2 is 1.06 bits per heavy atom. The van der Waals surface area contributed by atoms with Crippen molar-refractivity contribution in [2.75, 3.05) is 31.3 Å². The number of ether oxygens (including phenoxy) is 2. The number of unbranched alkanes of at least 4 members (excludes halogenated alkanes) is 22. The van der Waals surface area contributed by atoms with E-state index in [-0.39, 0.29) is 56.7 Å². The third-order valence-electron chi connectivity index (χ3n) is 12.0. The zero-order valence-electron chi connectivity index (χ0n) is 42.5. The number of carbonyl (C=O) groups is 5. The van der Waals surface area contributed by atoms with E-state index < -0.39 is 32.5 Å². The van der Waals surface area contributed by atoms with Gasteiger partial charge in [0, 0.05) is 38.0 Å². The Morgan fingerprint density at radius 3 is 1.57 bits per heavy atom. The third-order valence-corrected chi connectivity index (χ3v) is 13.0. The van der Waals surface area contributed by atoms with Crippen LogP contribution in [0.15, 0.2) is 60.7 Å². The van der Waals surface area contributed by atoms with Crippen LogP contribution >= 0.6 is 7.82 Å². The average molecular weight is 985 g/mol. The molecule has 0 aromatic heterocycles. The lowest BCUT2D eigenvalue weighted by molar-refractivity contribution is -0.161. The van der Waals surface area contributed by atoms with Gasteiger partial charge >= 0.3 is 19.8 Å². The first-order valence-corrected chi connectivity index (χ1v) is 28.2. The van der Waals surface area contributed by atoms with Gasteiger partial charge in [-0.25, -0.2) is 9.46 Å². The number of esters is 2. The predicted octanol–water partition coefficient (Wildman–Crippen LogP) is 13.2. The van der Waals surface area contributed by atoms with Crippen molar-refractivity contribution in [3.8, 4) is 0 Å². The van der Waals surface area contributed by atoms with E-state index in [1.54, 1.807) is 24.3 Å². The summed E-state index contributed by atoms with van der Waals surface area (Å²) in [5.74, 6) is -1.99. The van der Waals surface area contributed by atoms with E-state index in [0.717, 1.165) is 87.5 Å². The summed E-state index contributed by atoms with van der Waals surface area (Å²) in [6.07, 6.45) is 41.9. The monoisotopic (exact) mass is 985 g/mol. The number of allylic oxidation sites excluding steroid dienone is 4. The van der Waals surface area contributed by atoms with Crippen molar-refractivity contribution in [3.63, 3.8) is 0 Å². The van der Waals surface area contributed by atoms with Crippen molar-refractivity contribution in [2.45, 2.75) is 219 Å². The molecule has 0 spiro atoms. The van der Waals surface area contributed by atoms with E-state index >= 15 is 0 Å². The van der Waals surface area contributed by atoms with Gasteiger partial charge in [0.1, 0.15) is 6.61 Å². The van der Waals surface area contributed by atoms with Crippen LogP contribution in [0.1, 0.15) is 212 Å². The number of phosphoric acid groups is 1. The van der Waals surface area contributed by atoms with Crippen molar-refractivity contribution < 1.29 is 52.0 Å². The lowest BCUT2D eigenvalue weighted by atomic mass is 10.1. The molecule has 2 atom stereocenters. The zero-order valence-corrected chi connectivity index (χ0v) is 43.4. The van der Waals surface area contributed by atoms with E-state index in [1.165, 1.54) is 89.2 Å². The van der Waals surface area contributed by atoms with Crippen molar-refractivity contribution in [2.24, 2.45) is 0 Å². The van der Waals surface area contributed by atoms with Gasteiger partial charge in [0.05, 0.1) is 18.9 Å². The highest BCUT2D eigenvalue weighted by Crippen LogP contribution is 2.43. The van der Waals surface area contributed by atoms with Crippen LogP contribution in [0.3, 0.4) is 0 Å². The second kappa shape index (κ2) is 40.8. The minimum Gasteiger partial charge on any atom is -0.462 e. The smallest absolute Gasteiger partial charge is 0.462 e. The third kappa shape index (κ3) is 33.3. The standard InChI is InChI=1S/C55H89N2O11P/c1-3-5-7-9-11-13-15-17-19-21-23-25-27-29-31-36-54(61)65-46-50(68-55(62)37-32-30-28-26-24-22-20-18-16-14-12-10-8-6-4-2)47-67-69(63,64)66-45-44-56-51(58)35-33-34-48-38-40-49(41-39-48)57-52(59)42-43-53(57)60/h17-20,38-43,50H,3-16,21-37,44-47H2,1-2H3,(H,56,58)(H,63,64)/t50-/m1/s1. The summed E-state index contributed by atoms with van der Waals surface area (Å²) in [4.78, 5) is 73.2. The van der Waals surface area contributed by atoms with Gasteiger partial charge in [-0.1, -0.05) is 153 Å². The summed E-state index contributed by atoms with van der Waals surface area (Å²) in [5.41, 5.74) is 1.41. The molecule has 1 aromatic rings. The summed E-state index contributed by atoms with van der Waals surface area (Å²) in [6, 6.07) is 6.97. The number of hydrogen-bond donors (Lipinski definition) is 2. The number of aryl methyl sites for hydroxylation is 1. The van der Waals surface area contributed by atoms with Crippen LogP contribution in [0.5, 0.6) is 0 Å². The molecule has 0 saturated heterocycles. The quantitative estimate of drug-likeness (QED) is 0.0209. The van der Waals surface area contributed by atoms with Gasteiger partial charge in [-0.05, 0) is 94.7 Å². The number of nitrogens with zero attached hydrogens (tertiary/aromatic N) is 1. The van der Waals surface area contributed by atoms with Crippen molar-refractivity contribution in [3.05, 3.63) is 66.3 Å². The first kappa shape index (κ1) is 61.2. The molecule has 1 aromatic carbocycles.